The monoisotopic (exact) mass is 511 g/mol. The van der Waals surface area contributed by atoms with Crippen LogP contribution in [0.5, 0.6) is 0 Å². The molecule has 2 atom stereocenters. The van der Waals surface area contributed by atoms with E-state index in [0.717, 1.165) is 36.0 Å². The van der Waals surface area contributed by atoms with Crippen molar-refractivity contribution in [1.82, 2.24) is 5.32 Å². The summed E-state index contributed by atoms with van der Waals surface area (Å²) in [7, 11) is 0. The molecule has 6 heteroatoms. The van der Waals surface area contributed by atoms with E-state index < -0.39 is 6.04 Å². The molecule has 0 radical (unpaired) electrons. The Bertz CT molecular complexity index is 1220. The van der Waals surface area contributed by atoms with Gasteiger partial charge in [0.2, 0.25) is 5.91 Å². The summed E-state index contributed by atoms with van der Waals surface area (Å²) < 4.78 is 11.1. The van der Waals surface area contributed by atoms with Gasteiger partial charge >= 0.3 is 0 Å². The topological polar surface area (TPSA) is 81.7 Å². The molecule has 1 saturated heterocycles. The minimum Gasteiger partial charge on any atom is -0.353 e. The molecular formula is C32H33NO5. The Kier molecular flexibility index (Phi) is 10.1. The standard InChI is InChI=1S/C32H33NO5/c34-29(22-26-14-17-27(18-15-26)30(35)23-38-32-13-7-8-20-37-32)28(21-25-11-5-2-6-12-25)33-31(36)19-16-24-9-3-1-4-10-24/h1-6,9-12,14-19,28,32H,7-8,13,20-23H2,(H,33,36)/b19-16+/t28-,32?/m0/s1. The molecule has 1 aliphatic rings. The van der Waals surface area contributed by atoms with E-state index in [1.54, 1.807) is 30.3 Å². The fourth-order valence-corrected chi connectivity index (χ4v) is 4.28. The first-order valence-corrected chi connectivity index (χ1v) is 13.0. The number of carbonyl (C=O) groups is 3. The number of hydrogen-bond acceptors (Lipinski definition) is 5. The van der Waals surface area contributed by atoms with Crippen LogP contribution in [0.15, 0.2) is 91.0 Å². The van der Waals surface area contributed by atoms with Crippen LogP contribution in [0.1, 0.15) is 46.3 Å². The number of hydrogen-bond donors (Lipinski definition) is 1. The van der Waals surface area contributed by atoms with Crippen molar-refractivity contribution < 1.29 is 23.9 Å². The molecule has 4 rings (SSSR count). The van der Waals surface area contributed by atoms with Crippen molar-refractivity contribution in [1.29, 1.82) is 0 Å². The zero-order chi connectivity index (χ0) is 26.6. The summed E-state index contributed by atoms with van der Waals surface area (Å²) in [4.78, 5) is 38.5. The van der Waals surface area contributed by atoms with Crippen LogP contribution in [-0.4, -0.2) is 43.0 Å². The van der Waals surface area contributed by atoms with Crippen molar-refractivity contribution in [2.24, 2.45) is 0 Å². The van der Waals surface area contributed by atoms with E-state index in [1.165, 1.54) is 6.08 Å². The molecule has 3 aromatic rings. The second-order valence-corrected chi connectivity index (χ2v) is 9.37. The van der Waals surface area contributed by atoms with Gasteiger partial charge in [0.1, 0.15) is 6.61 Å². The Morgan fingerprint density at radius 2 is 1.61 bits per heavy atom. The number of ether oxygens (including phenoxy) is 2. The highest BCUT2D eigenvalue weighted by molar-refractivity contribution is 5.98. The van der Waals surface area contributed by atoms with Gasteiger partial charge in [0, 0.05) is 24.7 Å². The second-order valence-electron chi connectivity index (χ2n) is 9.37. The molecular weight excluding hydrogens is 478 g/mol. The molecule has 0 saturated carbocycles. The average Bonchev–Trinajstić information content (AvgIpc) is 2.96. The number of carbonyl (C=O) groups excluding carboxylic acids is 3. The van der Waals surface area contributed by atoms with Gasteiger partial charge in [-0.15, -0.1) is 0 Å². The fourth-order valence-electron chi connectivity index (χ4n) is 4.28. The minimum absolute atomic E-state index is 0.0371. The van der Waals surface area contributed by atoms with Crippen LogP contribution in [-0.2, 0) is 31.9 Å². The zero-order valence-electron chi connectivity index (χ0n) is 21.4. The minimum atomic E-state index is -0.685. The van der Waals surface area contributed by atoms with E-state index in [-0.39, 0.29) is 36.8 Å². The fraction of sp³-hybridized carbons (Fsp3) is 0.281. The maximum absolute atomic E-state index is 13.3. The summed E-state index contributed by atoms with van der Waals surface area (Å²) in [5, 5.41) is 2.88. The van der Waals surface area contributed by atoms with Crippen molar-refractivity contribution in [2.45, 2.75) is 44.4 Å². The predicted molar refractivity (Wildman–Crippen MR) is 147 cm³/mol. The van der Waals surface area contributed by atoms with Crippen LogP contribution in [0.3, 0.4) is 0 Å². The quantitative estimate of drug-likeness (QED) is 0.274. The highest BCUT2D eigenvalue weighted by Gasteiger charge is 2.21. The van der Waals surface area contributed by atoms with Gasteiger partial charge in [-0.1, -0.05) is 84.9 Å². The summed E-state index contributed by atoms with van der Waals surface area (Å²) in [5.74, 6) is -0.560. The van der Waals surface area contributed by atoms with Gasteiger partial charge in [0.15, 0.2) is 17.9 Å². The molecule has 6 nitrogen and oxygen atoms in total. The Balaban J connectivity index is 1.36. The number of amides is 1. The largest absolute Gasteiger partial charge is 0.353 e. The molecule has 1 aliphatic heterocycles. The first-order valence-electron chi connectivity index (χ1n) is 13.0. The molecule has 1 unspecified atom stereocenters. The van der Waals surface area contributed by atoms with Crippen LogP contribution in [0.4, 0.5) is 0 Å². The van der Waals surface area contributed by atoms with Crippen molar-refractivity contribution in [3.63, 3.8) is 0 Å². The molecule has 0 bridgehead atoms. The Hall–Kier alpha value is -3.87. The Labute approximate surface area is 223 Å². The lowest BCUT2D eigenvalue weighted by atomic mass is 9.97. The summed E-state index contributed by atoms with van der Waals surface area (Å²) in [5.41, 5.74) is 3.16. The van der Waals surface area contributed by atoms with Gasteiger partial charge in [-0.3, -0.25) is 14.4 Å². The van der Waals surface area contributed by atoms with E-state index in [4.69, 9.17) is 9.47 Å². The van der Waals surface area contributed by atoms with E-state index in [9.17, 15) is 14.4 Å². The smallest absolute Gasteiger partial charge is 0.244 e. The van der Waals surface area contributed by atoms with Crippen LogP contribution in [0.25, 0.3) is 6.08 Å². The summed E-state index contributed by atoms with van der Waals surface area (Å²) in [6.07, 6.45) is 6.25. The van der Waals surface area contributed by atoms with E-state index >= 15 is 0 Å². The molecule has 38 heavy (non-hydrogen) atoms. The molecule has 1 amide bonds. The van der Waals surface area contributed by atoms with Crippen molar-refractivity contribution in [2.75, 3.05) is 13.2 Å². The lowest BCUT2D eigenvalue weighted by Gasteiger charge is -2.22. The third kappa shape index (κ3) is 8.61. The lowest BCUT2D eigenvalue weighted by Crippen LogP contribution is -2.42. The van der Waals surface area contributed by atoms with E-state index in [2.05, 4.69) is 5.32 Å². The van der Waals surface area contributed by atoms with Gasteiger partial charge in [0.25, 0.3) is 0 Å². The molecule has 0 aliphatic carbocycles. The Morgan fingerprint density at radius 1 is 0.895 bits per heavy atom. The first kappa shape index (κ1) is 27.2. The molecule has 1 N–H and O–H groups in total. The third-order valence-corrected chi connectivity index (χ3v) is 6.41. The first-order chi connectivity index (χ1) is 18.6. The van der Waals surface area contributed by atoms with Gasteiger partial charge < -0.3 is 14.8 Å². The van der Waals surface area contributed by atoms with Gasteiger partial charge in [-0.05, 0) is 48.4 Å². The highest BCUT2D eigenvalue weighted by Crippen LogP contribution is 2.15. The Morgan fingerprint density at radius 3 is 2.29 bits per heavy atom. The molecule has 196 valence electrons. The maximum atomic E-state index is 13.3. The molecule has 1 heterocycles. The van der Waals surface area contributed by atoms with Gasteiger partial charge in [0.05, 0.1) is 6.04 Å². The van der Waals surface area contributed by atoms with Crippen molar-refractivity contribution in [3.05, 3.63) is 113 Å². The second kappa shape index (κ2) is 14.2. The number of ketones is 2. The van der Waals surface area contributed by atoms with Crippen molar-refractivity contribution in [3.8, 4) is 0 Å². The molecule has 0 spiro atoms. The molecule has 1 fully saturated rings. The van der Waals surface area contributed by atoms with Crippen LogP contribution >= 0.6 is 0 Å². The average molecular weight is 512 g/mol. The lowest BCUT2D eigenvalue weighted by molar-refractivity contribution is -0.155. The SMILES string of the molecule is O=C(/C=C/c1ccccc1)N[C@@H](Cc1ccccc1)C(=O)Cc1ccc(C(=O)COC2CCCCO2)cc1. The number of nitrogens with one attached hydrogen (secondary N) is 1. The number of benzene rings is 3. The summed E-state index contributed by atoms with van der Waals surface area (Å²) in [6.45, 7) is 0.626. The predicted octanol–water partition coefficient (Wildman–Crippen LogP) is 4.97. The van der Waals surface area contributed by atoms with Gasteiger partial charge in [-0.25, -0.2) is 0 Å². The summed E-state index contributed by atoms with van der Waals surface area (Å²) >= 11 is 0. The molecule has 3 aromatic carbocycles. The maximum Gasteiger partial charge on any atom is 0.244 e. The van der Waals surface area contributed by atoms with E-state index in [1.807, 2.05) is 60.7 Å². The van der Waals surface area contributed by atoms with Crippen LogP contribution in [0, 0.1) is 0 Å². The van der Waals surface area contributed by atoms with Gasteiger partial charge in [-0.2, -0.15) is 0 Å². The highest BCUT2D eigenvalue weighted by atomic mass is 16.7. The van der Waals surface area contributed by atoms with E-state index in [0.29, 0.717) is 18.6 Å². The van der Waals surface area contributed by atoms with Crippen molar-refractivity contribution >= 4 is 23.5 Å². The summed E-state index contributed by atoms with van der Waals surface area (Å²) in [6, 6.07) is 25.4. The third-order valence-electron chi connectivity index (χ3n) is 6.41. The number of rotatable bonds is 12. The molecule has 0 aromatic heterocycles. The zero-order valence-corrected chi connectivity index (χ0v) is 21.4. The number of Topliss-reactive ketones (excluding diaryl/α,β-unsaturated/α-hetero) is 2. The van der Waals surface area contributed by atoms with Crippen LogP contribution < -0.4 is 5.32 Å². The normalized spacial score (nSPS) is 16.2. The van der Waals surface area contributed by atoms with Crippen LogP contribution in [0.2, 0.25) is 0 Å².